The number of hydrogen-bond acceptors (Lipinski definition) is 4. The van der Waals surface area contributed by atoms with Gasteiger partial charge in [0, 0.05) is 31.8 Å². The second-order valence-electron chi connectivity index (χ2n) is 7.87. The highest BCUT2D eigenvalue weighted by atomic mass is 19.1. The van der Waals surface area contributed by atoms with Gasteiger partial charge in [-0.3, -0.25) is 14.9 Å². The Hall–Kier alpha value is -2.90. The maximum atomic E-state index is 14.1. The summed E-state index contributed by atoms with van der Waals surface area (Å²) in [7, 11) is 0. The lowest BCUT2D eigenvalue weighted by molar-refractivity contribution is -0.117. The largest absolute Gasteiger partial charge is 0.329 e. The molecule has 2 atom stereocenters. The third kappa shape index (κ3) is 4.58. The molecule has 0 bridgehead atoms. The summed E-state index contributed by atoms with van der Waals surface area (Å²) in [6.07, 6.45) is 3.57. The summed E-state index contributed by atoms with van der Waals surface area (Å²) in [5.41, 5.74) is 0.478. The minimum absolute atomic E-state index is 0. The SMILES string of the molecule is Cc1cnc(NC(=O)CN(C[C@@H]2C[C@H]2F)C(=O)c2ccc(C3(F)CC3)cc2)nc1.[HH]. The number of nitrogens with zero attached hydrogens (tertiary/aromatic N) is 3. The molecular weight excluding hydrogens is 378 g/mol. The van der Waals surface area contributed by atoms with E-state index in [1.165, 1.54) is 4.90 Å². The highest BCUT2D eigenvalue weighted by molar-refractivity contribution is 5.98. The van der Waals surface area contributed by atoms with Crippen molar-refractivity contribution in [2.24, 2.45) is 5.92 Å². The normalized spacial score (nSPS) is 21.3. The average Bonchev–Trinajstić information content (AvgIpc) is 3.62. The molecule has 0 radical (unpaired) electrons. The molecule has 2 aliphatic rings. The molecule has 2 fully saturated rings. The molecule has 2 aliphatic carbocycles. The fourth-order valence-electron chi connectivity index (χ4n) is 3.19. The summed E-state index contributed by atoms with van der Waals surface area (Å²) >= 11 is 0. The Kier molecular flexibility index (Phi) is 5.02. The molecule has 0 aliphatic heterocycles. The molecule has 29 heavy (non-hydrogen) atoms. The van der Waals surface area contributed by atoms with Crippen LogP contribution in [0.1, 0.15) is 42.2 Å². The van der Waals surface area contributed by atoms with Gasteiger partial charge in [-0.05, 0) is 49.4 Å². The lowest BCUT2D eigenvalue weighted by atomic mass is 10.1. The van der Waals surface area contributed by atoms with Gasteiger partial charge in [-0.2, -0.15) is 0 Å². The number of benzene rings is 1. The molecule has 8 heteroatoms. The van der Waals surface area contributed by atoms with Crippen LogP contribution in [0.4, 0.5) is 14.7 Å². The van der Waals surface area contributed by atoms with E-state index in [1.54, 1.807) is 36.7 Å². The van der Waals surface area contributed by atoms with Gasteiger partial charge in [-0.1, -0.05) is 12.1 Å². The zero-order valence-corrected chi connectivity index (χ0v) is 16.1. The van der Waals surface area contributed by atoms with Gasteiger partial charge in [-0.15, -0.1) is 0 Å². The summed E-state index contributed by atoms with van der Waals surface area (Å²) in [6.45, 7) is 1.74. The number of nitrogens with one attached hydrogen (secondary N) is 1. The van der Waals surface area contributed by atoms with Crippen LogP contribution in [0.3, 0.4) is 0 Å². The summed E-state index contributed by atoms with van der Waals surface area (Å²) in [5.74, 6) is -0.970. The third-order valence-corrected chi connectivity index (χ3v) is 5.28. The summed E-state index contributed by atoms with van der Waals surface area (Å²) < 4.78 is 27.6. The third-order valence-electron chi connectivity index (χ3n) is 5.28. The number of rotatable bonds is 7. The van der Waals surface area contributed by atoms with Crippen LogP contribution in [0, 0.1) is 12.8 Å². The van der Waals surface area contributed by atoms with Crippen LogP contribution in [0.15, 0.2) is 36.7 Å². The van der Waals surface area contributed by atoms with Crippen LogP contribution in [-0.2, 0) is 10.5 Å². The molecule has 1 N–H and O–H groups in total. The van der Waals surface area contributed by atoms with Gasteiger partial charge >= 0.3 is 0 Å². The monoisotopic (exact) mass is 402 g/mol. The van der Waals surface area contributed by atoms with Crippen LogP contribution in [-0.4, -0.2) is 45.9 Å². The molecule has 0 unspecified atom stereocenters. The fourth-order valence-corrected chi connectivity index (χ4v) is 3.19. The van der Waals surface area contributed by atoms with Crippen molar-refractivity contribution in [2.75, 3.05) is 18.4 Å². The molecule has 154 valence electrons. The van der Waals surface area contributed by atoms with Crippen LogP contribution in [0.5, 0.6) is 0 Å². The molecule has 2 saturated carbocycles. The summed E-state index contributed by atoms with van der Waals surface area (Å²) in [5, 5.41) is 2.55. The van der Waals surface area contributed by atoms with Crippen molar-refractivity contribution in [3.8, 4) is 0 Å². The number of aromatic nitrogens is 2. The number of amides is 2. The molecule has 1 heterocycles. The minimum atomic E-state index is -1.27. The van der Waals surface area contributed by atoms with E-state index in [0.717, 1.165) is 5.56 Å². The zero-order valence-electron chi connectivity index (χ0n) is 16.1. The maximum absolute atomic E-state index is 14.1. The summed E-state index contributed by atoms with van der Waals surface area (Å²) in [4.78, 5) is 34.7. The van der Waals surface area contributed by atoms with Crippen molar-refractivity contribution >= 4 is 17.8 Å². The average molecular weight is 402 g/mol. The molecular formula is C21H24F2N4O2. The number of hydrogen-bond donors (Lipinski definition) is 1. The van der Waals surface area contributed by atoms with Crippen LogP contribution >= 0.6 is 0 Å². The van der Waals surface area contributed by atoms with Gasteiger partial charge in [-0.25, -0.2) is 18.7 Å². The van der Waals surface area contributed by atoms with Crippen molar-refractivity contribution in [3.63, 3.8) is 0 Å². The molecule has 6 nitrogen and oxygen atoms in total. The Morgan fingerprint density at radius 1 is 1.24 bits per heavy atom. The number of carbonyl (C=O) groups is 2. The van der Waals surface area contributed by atoms with Gasteiger partial charge < -0.3 is 4.90 Å². The van der Waals surface area contributed by atoms with Crippen molar-refractivity contribution < 1.29 is 19.8 Å². The molecule has 2 amide bonds. The van der Waals surface area contributed by atoms with Crippen molar-refractivity contribution in [1.82, 2.24) is 14.9 Å². The van der Waals surface area contributed by atoms with E-state index in [1.807, 2.05) is 6.92 Å². The smallest absolute Gasteiger partial charge is 0.254 e. The lowest BCUT2D eigenvalue weighted by Gasteiger charge is -2.22. The Morgan fingerprint density at radius 3 is 2.41 bits per heavy atom. The lowest BCUT2D eigenvalue weighted by Crippen LogP contribution is -2.39. The first kappa shape index (κ1) is 19.4. The van der Waals surface area contributed by atoms with E-state index < -0.39 is 17.7 Å². The molecule has 0 saturated heterocycles. The van der Waals surface area contributed by atoms with Crippen molar-refractivity contribution in [3.05, 3.63) is 53.3 Å². The molecule has 1 aromatic carbocycles. The van der Waals surface area contributed by atoms with Gasteiger partial charge in [0.15, 0.2) is 0 Å². The Labute approximate surface area is 168 Å². The number of carbonyl (C=O) groups excluding carboxylic acids is 2. The second-order valence-corrected chi connectivity index (χ2v) is 7.87. The molecule has 1 aromatic heterocycles. The maximum Gasteiger partial charge on any atom is 0.254 e. The van der Waals surface area contributed by atoms with Crippen LogP contribution < -0.4 is 5.32 Å². The summed E-state index contributed by atoms with van der Waals surface area (Å²) in [6, 6.07) is 6.33. The first-order valence-corrected chi connectivity index (χ1v) is 9.65. The van der Waals surface area contributed by atoms with Crippen molar-refractivity contribution in [2.45, 2.75) is 38.0 Å². The number of aryl methyl sites for hydroxylation is 1. The second kappa shape index (κ2) is 7.50. The number of alkyl halides is 2. The number of halogens is 2. The van der Waals surface area contributed by atoms with Gasteiger partial charge in [0.05, 0.1) is 0 Å². The van der Waals surface area contributed by atoms with Gasteiger partial charge in [0.2, 0.25) is 11.9 Å². The van der Waals surface area contributed by atoms with E-state index in [9.17, 15) is 18.4 Å². The van der Waals surface area contributed by atoms with Crippen molar-refractivity contribution in [1.29, 1.82) is 0 Å². The number of anilines is 1. The van der Waals surface area contributed by atoms with Crippen LogP contribution in [0.25, 0.3) is 0 Å². The fraction of sp³-hybridized carbons (Fsp3) is 0.429. The highest BCUT2D eigenvalue weighted by Gasteiger charge is 2.45. The van der Waals surface area contributed by atoms with Gasteiger partial charge in [0.1, 0.15) is 18.4 Å². The van der Waals surface area contributed by atoms with E-state index in [0.29, 0.717) is 30.4 Å². The van der Waals surface area contributed by atoms with Crippen LogP contribution in [0.2, 0.25) is 0 Å². The molecule has 2 aromatic rings. The first-order chi connectivity index (χ1) is 13.8. The highest BCUT2D eigenvalue weighted by Crippen LogP contribution is 2.49. The minimum Gasteiger partial charge on any atom is -0.329 e. The first-order valence-electron chi connectivity index (χ1n) is 9.65. The van der Waals surface area contributed by atoms with Gasteiger partial charge in [0.25, 0.3) is 5.91 Å². The predicted octanol–water partition coefficient (Wildman–Crippen LogP) is 3.43. The zero-order chi connectivity index (χ0) is 20.6. The predicted molar refractivity (Wildman–Crippen MR) is 105 cm³/mol. The topological polar surface area (TPSA) is 75.2 Å². The Bertz CT molecular complexity index is 920. The van der Waals surface area contributed by atoms with E-state index in [4.69, 9.17) is 0 Å². The standard InChI is InChI=1S/C21H22F2N4O2.H2/c1-13-9-24-20(25-10-13)26-18(28)12-27(11-15-8-17(15)22)19(29)14-2-4-16(5-3-14)21(23)6-7-21;/h2-5,9-10,15,17H,6-8,11-12H2,1H3,(H,24,25,26,28);1H/t15-,17+;/m0./s1. The van der Waals surface area contributed by atoms with E-state index in [2.05, 4.69) is 15.3 Å². The quantitative estimate of drug-likeness (QED) is 0.770. The van der Waals surface area contributed by atoms with E-state index in [-0.39, 0.29) is 32.3 Å². The molecule has 4 rings (SSSR count). The van der Waals surface area contributed by atoms with E-state index >= 15 is 0 Å². The Morgan fingerprint density at radius 2 is 1.86 bits per heavy atom. The Balaban J connectivity index is 0.00000256. The molecule has 0 spiro atoms.